The Balaban J connectivity index is 3.83. The molecular weight excluding hydrogens is 234 g/mol. The molecule has 0 N–H and O–H groups in total. The molecule has 0 radical (unpaired) electrons. The van der Waals surface area contributed by atoms with Gasteiger partial charge in [0.05, 0.1) is 11.8 Å². The summed E-state index contributed by atoms with van der Waals surface area (Å²) in [4.78, 5) is 0. The highest BCUT2D eigenvalue weighted by Crippen LogP contribution is 2.17. The van der Waals surface area contributed by atoms with Gasteiger partial charge in [0.1, 0.15) is 0 Å². The van der Waals surface area contributed by atoms with Gasteiger partial charge in [-0.25, -0.2) is 0 Å². The quantitative estimate of drug-likeness (QED) is 0.647. The molecule has 0 aromatic carbocycles. The van der Waals surface area contributed by atoms with Crippen molar-refractivity contribution in [3.63, 3.8) is 0 Å². The van der Waals surface area contributed by atoms with Gasteiger partial charge in [0.15, 0.2) is 0 Å². The summed E-state index contributed by atoms with van der Waals surface area (Å²) < 4.78 is 0.760. The second-order valence-corrected chi connectivity index (χ2v) is 3.03. The summed E-state index contributed by atoms with van der Waals surface area (Å²) in [6.45, 7) is 0. The molecule has 0 aliphatic rings. The number of hydrogen-bond acceptors (Lipinski definition) is 0. The van der Waals surface area contributed by atoms with E-state index in [9.17, 15) is 0 Å². The molecule has 0 saturated heterocycles. The van der Waals surface area contributed by atoms with E-state index >= 15 is 0 Å². The van der Waals surface area contributed by atoms with E-state index in [1.165, 1.54) is 0 Å². The van der Waals surface area contributed by atoms with Crippen LogP contribution in [0.15, 0.2) is 9.51 Å². The monoisotopic (exact) mass is 236 g/mol. The summed E-state index contributed by atoms with van der Waals surface area (Å²) in [6, 6.07) is 0. The Hall–Kier alpha value is 1.09. The number of halogens is 4. The summed E-state index contributed by atoms with van der Waals surface area (Å²) in [5.74, 6) is 0.695. The third-order valence-corrected chi connectivity index (χ3v) is 2.87. The van der Waals surface area contributed by atoms with Crippen molar-refractivity contribution in [2.45, 2.75) is 0 Å². The second kappa shape index (κ2) is 4.92. The average molecular weight is 238 g/mol. The molecule has 48 valence electrons. The summed E-state index contributed by atoms with van der Waals surface area (Å²) in [7, 11) is 0. The van der Waals surface area contributed by atoms with Crippen LogP contribution in [0.2, 0.25) is 0 Å². The number of hydrogen-bond donors (Lipinski definition) is 0. The fraction of sp³-hybridized carbons (Fsp3) is 0.500. The second-order valence-electron chi connectivity index (χ2n) is 1.08. The fourth-order valence-electron chi connectivity index (χ4n) is 0.145. The third kappa shape index (κ3) is 3.18. The van der Waals surface area contributed by atoms with Crippen molar-refractivity contribution >= 4 is 50.7 Å². The lowest BCUT2D eigenvalue weighted by Gasteiger charge is -1.92. The minimum Gasteiger partial charge on any atom is -0.121 e. The molecule has 0 heterocycles. The van der Waals surface area contributed by atoms with Gasteiger partial charge in [-0.1, -0.05) is 27.5 Å². The molecule has 0 fully saturated rings. The standard InChI is InChI=1S/C4H4BrCl3/c5-3(1-6)4(8)2-7/h1-2H2/b4-3+. The minimum absolute atomic E-state index is 0.314. The van der Waals surface area contributed by atoms with E-state index in [4.69, 9.17) is 34.8 Å². The number of alkyl halides is 2. The van der Waals surface area contributed by atoms with Gasteiger partial charge in [0.25, 0.3) is 0 Å². The van der Waals surface area contributed by atoms with E-state index in [1.54, 1.807) is 0 Å². The Labute approximate surface area is 71.9 Å². The Kier molecular flexibility index (Phi) is 5.59. The highest BCUT2D eigenvalue weighted by atomic mass is 79.9. The SMILES string of the molecule is ClC/C(Cl)=C(\Br)CCl. The van der Waals surface area contributed by atoms with Gasteiger partial charge in [0, 0.05) is 9.51 Å². The predicted octanol–water partition coefficient (Wildman–Crippen LogP) is 3.31. The summed E-state index contributed by atoms with van der Waals surface area (Å²) >= 11 is 19.4. The van der Waals surface area contributed by atoms with Crippen LogP contribution >= 0.6 is 50.7 Å². The molecule has 0 saturated carbocycles. The van der Waals surface area contributed by atoms with Crippen molar-refractivity contribution in [1.29, 1.82) is 0 Å². The van der Waals surface area contributed by atoms with Crippen LogP contribution in [0.3, 0.4) is 0 Å². The van der Waals surface area contributed by atoms with Crippen LogP contribution in [0.25, 0.3) is 0 Å². The normalized spacial score (nSPS) is 13.5. The van der Waals surface area contributed by atoms with Crippen LogP contribution in [-0.2, 0) is 0 Å². The van der Waals surface area contributed by atoms with Crippen LogP contribution in [0.5, 0.6) is 0 Å². The lowest BCUT2D eigenvalue weighted by molar-refractivity contribution is 1.57. The molecule has 0 unspecified atom stereocenters. The molecule has 0 aromatic rings. The molecule has 0 aromatic heterocycles. The number of allylic oxidation sites excluding steroid dienone is 2. The van der Waals surface area contributed by atoms with Gasteiger partial charge in [-0.15, -0.1) is 23.2 Å². The third-order valence-electron chi connectivity index (χ3n) is 0.529. The van der Waals surface area contributed by atoms with Crippen molar-refractivity contribution in [3.8, 4) is 0 Å². The Bertz CT molecular complexity index is 87.5. The van der Waals surface area contributed by atoms with E-state index in [-0.39, 0.29) is 0 Å². The maximum Gasteiger partial charge on any atom is 0.0590 e. The summed E-state index contributed by atoms with van der Waals surface area (Å²) in [5.41, 5.74) is 0. The largest absolute Gasteiger partial charge is 0.121 e. The molecule has 0 atom stereocenters. The summed E-state index contributed by atoms with van der Waals surface area (Å²) in [6.07, 6.45) is 0. The zero-order chi connectivity index (χ0) is 6.57. The molecule has 0 spiro atoms. The molecule has 0 aliphatic carbocycles. The van der Waals surface area contributed by atoms with Crippen molar-refractivity contribution in [2.24, 2.45) is 0 Å². The van der Waals surface area contributed by atoms with Gasteiger partial charge < -0.3 is 0 Å². The van der Waals surface area contributed by atoms with Gasteiger partial charge in [-0.3, -0.25) is 0 Å². The van der Waals surface area contributed by atoms with Crippen LogP contribution in [0, 0.1) is 0 Å². The van der Waals surface area contributed by atoms with Crippen molar-refractivity contribution in [1.82, 2.24) is 0 Å². The van der Waals surface area contributed by atoms with E-state index in [1.807, 2.05) is 0 Å². The molecule has 0 amide bonds. The molecular formula is C4H4BrCl3. The first-order chi connectivity index (χ1) is 3.72. The molecule has 0 aliphatic heterocycles. The van der Waals surface area contributed by atoms with E-state index in [0.717, 1.165) is 4.48 Å². The maximum atomic E-state index is 5.53. The van der Waals surface area contributed by atoms with Gasteiger partial charge in [-0.2, -0.15) is 0 Å². The predicted molar refractivity (Wildman–Crippen MR) is 43.2 cm³/mol. The lowest BCUT2D eigenvalue weighted by Crippen LogP contribution is -1.79. The zero-order valence-electron chi connectivity index (χ0n) is 3.93. The van der Waals surface area contributed by atoms with Crippen LogP contribution in [0.1, 0.15) is 0 Å². The van der Waals surface area contributed by atoms with Crippen molar-refractivity contribution in [3.05, 3.63) is 9.51 Å². The van der Waals surface area contributed by atoms with Crippen LogP contribution in [0.4, 0.5) is 0 Å². The first-order valence-corrected chi connectivity index (χ1v) is 4.11. The average Bonchev–Trinajstić information content (AvgIpc) is 1.84. The highest BCUT2D eigenvalue weighted by molar-refractivity contribution is 9.11. The van der Waals surface area contributed by atoms with E-state index < -0.39 is 0 Å². The lowest BCUT2D eigenvalue weighted by atomic mass is 10.6. The Morgan fingerprint density at radius 2 is 1.75 bits per heavy atom. The Morgan fingerprint density at radius 1 is 1.25 bits per heavy atom. The van der Waals surface area contributed by atoms with Crippen LogP contribution in [-0.4, -0.2) is 11.8 Å². The van der Waals surface area contributed by atoms with E-state index in [2.05, 4.69) is 15.9 Å². The molecule has 0 rings (SSSR count). The van der Waals surface area contributed by atoms with Gasteiger partial charge in [-0.05, 0) is 0 Å². The van der Waals surface area contributed by atoms with Crippen molar-refractivity contribution in [2.75, 3.05) is 11.8 Å². The minimum atomic E-state index is 0.314. The molecule has 8 heavy (non-hydrogen) atoms. The smallest absolute Gasteiger partial charge is 0.0590 e. The zero-order valence-corrected chi connectivity index (χ0v) is 7.78. The first-order valence-electron chi connectivity index (χ1n) is 1.87. The first kappa shape index (κ1) is 9.09. The van der Waals surface area contributed by atoms with Gasteiger partial charge >= 0.3 is 0 Å². The fourth-order valence-corrected chi connectivity index (χ4v) is 0.904. The maximum absolute atomic E-state index is 5.53. The number of rotatable bonds is 2. The summed E-state index contributed by atoms with van der Waals surface area (Å²) in [5, 5.41) is 0.571. The topological polar surface area (TPSA) is 0 Å². The molecule has 4 heteroatoms. The highest BCUT2D eigenvalue weighted by Gasteiger charge is 1.95. The van der Waals surface area contributed by atoms with Crippen LogP contribution < -0.4 is 0 Å². The molecule has 0 bridgehead atoms. The molecule has 0 nitrogen and oxygen atoms in total. The van der Waals surface area contributed by atoms with Crippen molar-refractivity contribution < 1.29 is 0 Å². The van der Waals surface area contributed by atoms with Gasteiger partial charge in [0.2, 0.25) is 0 Å². The Morgan fingerprint density at radius 3 is 1.88 bits per heavy atom. The van der Waals surface area contributed by atoms with E-state index in [0.29, 0.717) is 16.8 Å².